The summed E-state index contributed by atoms with van der Waals surface area (Å²) in [6, 6.07) is 0. The van der Waals surface area contributed by atoms with Crippen molar-refractivity contribution >= 4 is 28.8 Å². The van der Waals surface area contributed by atoms with Gasteiger partial charge in [-0.15, -0.1) is 0 Å². The highest BCUT2D eigenvalue weighted by Gasteiger charge is 2.13. The second-order valence-corrected chi connectivity index (χ2v) is 3.75. The number of allylic oxidation sites excluding steroid dienone is 4. The Bertz CT molecular complexity index is 356. The van der Waals surface area contributed by atoms with Gasteiger partial charge in [0.25, 0.3) is 0 Å². The molecule has 80 valence electrons. The molecule has 0 aromatic heterocycles. The van der Waals surface area contributed by atoms with E-state index in [4.69, 9.17) is 12.2 Å². The van der Waals surface area contributed by atoms with Crippen LogP contribution in [0, 0.1) is 0 Å². The molecule has 0 atom stereocenters. The van der Waals surface area contributed by atoms with E-state index >= 15 is 0 Å². The van der Waals surface area contributed by atoms with Crippen LogP contribution in [0.4, 0.5) is 0 Å². The molecule has 0 aromatic rings. The highest BCUT2D eigenvalue weighted by molar-refractivity contribution is 7.80. The zero-order chi connectivity index (χ0) is 11.3. The number of thiocarbonyl (C=S) groups is 1. The summed E-state index contributed by atoms with van der Waals surface area (Å²) in [6.45, 7) is 2.36. The van der Waals surface area contributed by atoms with Crippen molar-refractivity contribution in [1.82, 2.24) is 5.32 Å². The fourth-order valence-electron chi connectivity index (χ4n) is 1.26. The van der Waals surface area contributed by atoms with E-state index < -0.39 is 0 Å². The van der Waals surface area contributed by atoms with Crippen molar-refractivity contribution < 1.29 is 9.59 Å². The number of carbonyl (C=O) groups excluding carboxylic acids is 2. The van der Waals surface area contributed by atoms with Crippen molar-refractivity contribution in [2.45, 2.75) is 19.8 Å². The van der Waals surface area contributed by atoms with Crippen LogP contribution < -0.4 is 5.32 Å². The van der Waals surface area contributed by atoms with Gasteiger partial charge in [-0.25, -0.2) is 0 Å². The summed E-state index contributed by atoms with van der Waals surface area (Å²) in [5, 5.41) is 2.58. The van der Waals surface area contributed by atoms with E-state index in [1.165, 1.54) is 0 Å². The average Bonchev–Trinajstić information content (AvgIpc) is 2.18. The normalized spacial score (nSPS) is 14.7. The predicted molar refractivity (Wildman–Crippen MR) is 62.7 cm³/mol. The van der Waals surface area contributed by atoms with Crippen LogP contribution in [-0.2, 0) is 9.59 Å². The largest absolute Gasteiger partial charge is 0.356 e. The van der Waals surface area contributed by atoms with Crippen molar-refractivity contribution in [2.24, 2.45) is 0 Å². The molecule has 15 heavy (non-hydrogen) atoms. The fraction of sp³-hybridized carbons (Fsp3) is 0.364. The van der Waals surface area contributed by atoms with Gasteiger partial charge in [-0.05, 0) is 13.0 Å². The Morgan fingerprint density at radius 3 is 2.87 bits per heavy atom. The number of nitrogens with one attached hydrogen (secondary N) is 1. The fourth-order valence-corrected chi connectivity index (χ4v) is 1.49. The van der Waals surface area contributed by atoms with E-state index in [-0.39, 0.29) is 18.1 Å². The molecule has 1 aliphatic rings. The third kappa shape index (κ3) is 3.75. The van der Waals surface area contributed by atoms with Gasteiger partial charge >= 0.3 is 0 Å². The maximum Gasteiger partial charge on any atom is 0.227 e. The molecule has 0 aliphatic heterocycles. The molecule has 3 nitrogen and oxygen atoms in total. The highest BCUT2D eigenvalue weighted by Crippen LogP contribution is 2.10. The van der Waals surface area contributed by atoms with E-state index in [1.54, 1.807) is 12.2 Å². The van der Waals surface area contributed by atoms with Crippen LogP contribution in [0.15, 0.2) is 23.8 Å². The summed E-state index contributed by atoms with van der Waals surface area (Å²) in [5.41, 5.74) is 0.525. The molecule has 1 aliphatic carbocycles. The van der Waals surface area contributed by atoms with E-state index in [0.717, 1.165) is 4.86 Å². The lowest BCUT2D eigenvalue weighted by Gasteiger charge is -2.06. The molecule has 0 saturated heterocycles. The summed E-state index contributed by atoms with van der Waals surface area (Å²) >= 11 is 4.99. The third-order valence-corrected chi connectivity index (χ3v) is 2.23. The molecule has 0 spiro atoms. The van der Waals surface area contributed by atoms with E-state index in [9.17, 15) is 9.59 Å². The van der Waals surface area contributed by atoms with Gasteiger partial charge in [-0.3, -0.25) is 9.59 Å². The monoisotopic (exact) mass is 223 g/mol. The van der Waals surface area contributed by atoms with Crippen LogP contribution in [0.3, 0.4) is 0 Å². The van der Waals surface area contributed by atoms with Gasteiger partial charge in [0.15, 0.2) is 5.78 Å². The van der Waals surface area contributed by atoms with Crippen LogP contribution in [-0.4, -0.2) is 23.1 Å². The lowest BCUT2D eigenvalue weighted by Crippen LogP contribution is -2.25. The molecular formula is C11H13NO2S. The first-order chi connectivity index (χ1) is 7.13. The quantitative estimate of drug-likeness (QED) is 0.578. The van der Waals surface area contributed by atoms with E-state index in [2.05, 4.69) is 5.32 Å². The molecule has 1 N–H and O–H groups in total. The standard InChI is InChI=1S/C11H13NO2S/c1-2-12-11(14)7-10(13)8-4-3-5-9(15)6-8/h3-4,6H,2,5,7H2,1H3,(H,12,14). The molecule has 1 rings (SSSR count). The zero-order valence-corrected chi connectivity index (χ0v) is 9.39. The van der Waals surface area contributed by atoms with Gasteiger partial charge in [0.1, 0.15) is 0 Å². The molecule has 0 aromatic carbocycles. The van der Waals surface area contributed by atoms with Crippen molar-refractivity contribution in [3.8, 4) is 0 Å². The second-order valence-electron chi connectivity index (χ2n) is 3.23. The van der Waals surface area contributed by atoms with Gasteiger partial charge in [-0.2, -0.15) is 0 Å². The Kier molecular flexibility index (Phi) is 4.37. The Labute approximate surface area is 94.2 Å². The van der Waals surface area contributed by atoms with Crippen LogP contribution in [0.5, 0.6) is 0 Å². The minimum absolute atomic E-state index is 0.105. The van der Waals surface area contributed by atoms with Gasteiger partial charge in [-0.1, -0.05) is 24.4 Å². The van der Waals surface area contributed by atoms with E-state index in [1.807, 2.05) is 13.0 Å². The number of hydrogen-bond donors (Lipinski definition) is 1. The summed E-state index contributed by atoms with van der Waals surface area (Å²) < 4.78 is 0. The number of Topliss-reactive ketones (excluding diaryl/α,β-unsaturated/α-hetero) is 1. The zero-order valence-electron chi connectivity index (χ0n) is 8.58. The van der Waals surface area contributed by atoms with Crippen LogP contribution in [0.1, 0.15) is 19.8 Å². The lowest BCUT2D eigenvalue weighted by molar-refractivity contribution is -0.126. The minimum atomic E-state index is -0.242. The van der Waals surface area contributed by atoms with E-state index in [0.29, 0.717) is 18.5 Å². The molecule has 0 fully saturated rings. The number of amides is 1. The predicted octanol–water partition coefficient (Wildman–Crippen LogP) is 1.34. The number of hydrogen-bond acceptors (Lipinski definition) is 3. The Morgan fingerprint density at radius 2 is 2.27 bits per heavy atom. The first-order valence-electron chi connectivity index (χ1n) is 4.84. The number of carbonyl (C=O) groups is 2. The molecule has 0 radical (unpaired) electrons. The smallest absolute Gasteiger partial charge is 0.227 e. The number of rotatable bonds is 4. The maximum absolute atomic E-state index is 11.6. The van der Waals surface area contributed by atoms with Crippen molar-refractivity contribution in [2.75, 3.05) is 6.54 Å². The summed E-state index contributed by atoms with van der Waals surface area (Å²) in [7, 11) is 0. The second kappa shape index (κ2) is 5.56. The lowest BCUT2D eigenvalue weighted by atomic mass is 10.0. The Hall–Kier alpha value is -1.29. The molecule has 0 unspecified atom stereocenters. The SMILES string of the molecule is CCNC(=O)CC(=O)C1=CC(=S)CC=C1. The van der Waals surface area contributed by atoms with Crippen LogP contribution >= 0.6 is 12.2 Å². The van der Waals surface area contributed by atoms with Gasteiger partial charge in [0.2, 0.25) is 5.91 Å². The molecule has 0 bridgehead atoms. The minimum Gasteiger partial charge on any atom is -0.356 e. The van der Waals surface area contributed by atoms with Crippen LogP contribution in [0.2, 0.25) is 0 Å². The maximum atomic E-state index is 11.6. The summed E-state index contributed by atoms with van der Waals surface area (Å²) in [5.74, 6) is -0.424. The average molecular weight is 223 g/mol. The van der Waals surface area contributed by atoms with Gasteiger partial charge < -0.3 is 5.32 Å². The van der Waals surface area contributed by atoms with Crippen molar-refractivity contribution in [3.63, 3.8) is 0 Å². The first kappa shape index (κ1) is 11.8. The van der Waals surface area contributed by atoms with Crippen molar-refractivity contribution in [1.29, 1.82) is 0 Å². The molecule has 0 heterocycles. The molecule has 4 heteroatoms. The molecular weight excluding hydrogens is 210 g/mol. The van der Waals surface area contributed by atoms with Crippen LogP contribution in [0.25, 0.3) is 0 Å². The van der Waals surface area contributed by atoms with Gasteiger partial charge in [0, 0.05) is 23.4 Å². The number of ketones is 1. The topological polar surface area (TPSA) is 46.2 Å². The Balaban J connectivity index is 2.57. The summed E-state index contributed by atoms with van der Waals surface area (Å²) in [4.78, 5) is 23.5. The third-order valence-electron chi connectivity index (χ3n) is 1.95. The highest BCUT2D eigenvalue weighted by atomic mass is 32.1. The molecule has 1 amide bonds. The van der Waals surface area contributed by atoms with Gasteiger partial charge in [0.05, 0.1) is 6.42 Å². The summed E-state index contributed by atoms with van der Waals surface area (Å²) in [6.07, 6.45) is 5.82. The Morgan fingerprint density at radius 1 is 1.53 bits per heavy atom. The van der Waals surface area contributed by atoms with Crippen molar-refractivity contribution in [3.05, 3.63) is 23.8 Å². The molecule has 0 saturated carbocycles. The first-order valence-corrected chi connectivity index (χ1v) is 5.25.